The first-order chi connectivity index (χ1) is 14.6. The van der Waals surface area contributed by atoms with Gasteiger partial charge in [0.05, 0.1) is 16.8 Å². The predicted octanol–water partition coefficient (Wildman–Crippen LogP) is 4.88. The first kappa shape index (κ1) is 19.1. The van der Waals surface area contributed by atoms with E-state index >= 15 is 0 Å². The lowest BCUT2D eigenvalue weighted by molar-refractivity contribution is 0.0968. The van der Waals surface area contributed by atoms with Crippen molar-refractivity contribution < 1.29 is 9.90 Å². The van der Waals surface area contributed by atoms with Crippen LogP contribution in [0.1, 0.15) is 48.9 Å². The molecular weight excluding hydrogens is 374 g/mol. The van der Waals surface area contributed by atoms with Gasteiger partial charge in [-0.05, 0) is 73.9 Å². The highest BCUT2D eigenvalue weighted by molar-refractivity contribution is 6.10. The molecule has 1 heterocycles. The molecule has 0 radical (unpaired) electrons. The van der Waals surface area contributed by atoms with Crippen LogP contribution in [0.15, 0.2) is 48.7 Å². The van der Waals surface area contributed by atoms with Crippen molar-refractivity contribution in [3.05, 3.63) is 54.2 Å². The third-order valence-electron chi connectivity index (χ3n) is 6.40. The van der Waals surface area contributed by atoms with Crippen LogP contribution in [0.3, 0.4) is 0 Å². The second kappa shape index (κ2) is 7.73. The molecule has 2 saturated carbocycles. The van der Waals surface area contributed by atoms with E-state index in [4.69, 9.17) is 5.73 Å². The fourth-order valence-corrected chi connectivity index (χ4v) is 4.40. The minimum Gasteiger partial charge on any atom is -0.508 e. The highest BCUT2D eigenvalue weighted by atomic mass is 16.3. The molecule has 2 aromatic carbocycles. The molecule has 2 fully saturated rings. The van der Waals surface area contributed by atoms with Crippen molar-refractivity contribution in [3.8, 4) is 16.9 Å². The van der Waals surface area contributed by atoms with Crippen LogP contribution in [0.2, 0.25) is 0 Å². The van der Waals surface area contributed by atoms with Crippen LogP contribution in [0.5, 0.6) is 5.75 Å². The number of fused-ring (bicyclic) bond motifs is 1. The maximum absolute atomic E-state index is 13.0. The lowest BCUT2D eigenvalue weighted by Gasteiger charge is -2.29. The highest BCUT2D eigenvalue weighted by Crippen LogP contribution is 2.38. The van der Waals surface area contributed by atoms with Gasteiger partial charge in [-0.15, -0.1) is 0 Å². The summed E-state index contributed by atoms with van der Waals surface area (Å²) in [5.74, 6) is 0.593. The number of phenolic OH excluding ortho intramolecular Hbond substituents is 1. The second-order valence-electron chi connectivity index (χ2n) is 8.72. The molecule has 4 N–H and O–H groups in total. The van der Waals surface area contributed by atoms with E-state index in [0.29, 0.717) is 11.6 Å². The molecule has 0 atom stereocenters. The Labute approximate surface area is 176 Å². The van der Waals surface area contributed by atoms with Crippen LogP contribution in [0.4, 0.5) is 5.69 Å². The summed E-state index contributed by atoms with van der Waals surface area (Å²) in [6, 6.07) is 13.9. The maximum Gasteiger partial charge on any atom is 0.169 e. The number of hydrogen-bond donors (Lipinski definition) is 3. The van der Waals surface area contributed by atoms with E-state index in [1.54, 1.807) is 18.3 Å². The number of aromatic hydroxyl groups is 1. The van der Waals surface area contributed by atoms with E-state index in [2.05, 4.69) is 16.4 Å². The monoisotopic (exact) mass is 401 g/mol. The molecule has 2 aliphatic carbocycles. The number of carbonyl (C=O) groups excluding carboxylic acids is 1. The number of Topliss-reactive ketones (excluding diaryl/α,β-unsaturated/α-hetero) is 1. The summed E-state index contributed by atoms with van der Waals surface area (Å²) in [6.45, 7) is 0. The van der Waals surface area contributed by atoms with Gasteiger partial charge in [-0.1, -0.05) is 18.2 Å². The van der Waals surface area contributed by atoms with Crippen molar-refractivity contribution in [3.63, 3.8) is 0 Å². The SMILES string of the molecule is N[C@H]1CC[C@H](Nc2c(C(=O)C3CC3)cnc3ccc(-c4ccc(O)cc4)cc23)CC1. The summed E-state index contributed by atoms with van der Waals surface area (Å²) in [5.41, 5.74) is 10.6. The number of anilines is 1. The number of pyridine rings is 1. The summed E-state index contributed by atoms with van der Waals surface area (Å²) < 4.78 is 0. The van der Waals surface area contributed by atoms with Crippen LogP contribution in [0, 0.1) is 5.92 Å². The van der Waals surface area contributed by atoms with E-state index in [1.807, 2.05) is 24.3 Å². The molecular formula is C25H27N3O2. The van der Waals surface area contributed by atoms with E-state index in [9.17, 15) is 9.90 Å². The predicted molar refractivity (Wildman–Crippen MR) is 120 cm³/mol. The van der Waals surface area contributed by atoms with Gasteiger partial charge < -0.3 is 16.2 Å². The molecule has 0 amide bonds. The Balaban J connectivity index is 1.59. The van der Waals surface area contributed by atoms with E-state index in [-0.39, 0.29) is 23.5 Å². The fourth-order valence-electron chi connectivity index (χ4n) is 4.40. The van der Waals surface area contributed by atoms with Gasteiger partial charge >= 0.3 is 0 Å². The molecule has 2 aliphatic rings. The topological polar surface area (TPSA) is 88.2 Å². The molecule has 1 aromatic heterocycles. The molecule has 5 rings (SSSR count). The van der Waals surface area contributed by atoms with Crippen LogP contribution in [-0.4, -0.2) is 28.0 Å². The average Bonchev–Trinajstić information content (AvgIpc) is 3.61. The number of ketones is 1. The van der Waals surface area contributed by atoms with Crippen molar-refractivity contribution in [2.45, 2.75) is 50.6 Å². The van der Waals surface area contributed by atoms with Crippen molar-refractivity contribution in [2.75, 3.05) is 5.32 Å². The molecule has 0 spiro atoms. The molecule has 0 aliphatic heterocycles. The third-order valence-corrected chi connectivity index (χ3v) is 6.40. The minimum atomic E-state index is 0.143. The van der Waals surface area contributed by atoms with E-state index in [0.717, 1.165) is 66.2 Å². The Hall–Kier alpha value is -2.92. The molecule has 0 bridgehead atoms. The zero-order chi connectivity index (χ0) is 20.7. The number of nitrogens with zero attached hydrogens (tertiary/aromatic N) is 1. The summed E-state index contributed by atoms with van der Waals surface area (Å²) >= 11 is 0. The Bertz CT molecular complexity index is 1080. The normalized spacial score (nSPS) is 21.5. The van der Waals surface area contributed by atoms with Gasteiger partial charge in [0.1, 0.15) is 5.75 Å². The molecule has 154 valence electrons. The van der Waals surface area contributed by atoms with Crippen molar-refractivity contribution in [1.82, 2.24) is 4.98 Å². The standard InChI is InChI=1S/C25H27N3O2/c26-18-6-8-19(9-7-18)28-24-21-13-17(15-3-10-20(29)11-4-15)5-12-23(21)27-14-22(24)25(30)16-1-2-16/h3-5,10-14,16,18-19,29H,1-2,6-9,26H2,(H,27,28)/t18-,19-. The van der Waals surface area contributed by atoms with Gasteiger partial charge in [0.25, 0.3) is 0 Å². The van der Waals surface area contributed by atoms with Crippen molar-refractivity contribution in [1.29, 1.82) is 0 Å². The van der Waals surface area contributed by atoms with Gasteiger partial charge in [-0.3, -0.25) is 9.78 Å². The number of carbonyl (C=O) groups is 1. The van der Waals surface area contributed by atoms with Crippen LogP contribution >= 0.6 is 0 Å². The zero-order valence-corrected chi connectivity index (χ0v) is 17.0. The third kappa shape index (κ3) is 3.77. The van der Waals surface area contributed by atoms with Crippen molar-refractivity contribution in [2.24, 2.45) is 11.7 Å². The number of benzene rings is 2. The molecule has 3 aromatic rings. The summed E-state index contributed by atoms with van der Waals surface area (Å²) in [7, 11) is 0. The first-order valence-electron chi connectivity index (χ1n) is 10.9. The lowest BCUT2D eigenvalue weighted by Crippen LogP contribution is -2.33. The van der Waals surface area contributed by atoms with Gasteiger partial charge in [0, 0.05) is 29.6 Å². The van der Waals surface area contributed by atoms with Crippen LogP contribution in [-0.2, 0) is 0 Å². The zero-order valence-electron chi connectivity index (χ0n) is 17.0. The molecule has 5 nitrogen and oxygen atoms in total. The van der Waals surface area contributed by atoms with Gasteiger partial charge in [0.15, 0.2) is 5.78 Å². The Kier molecular flexibility index (Phi) is 4.91. The number of aromatic nitrogens is 1. The van der Waals surface area contributed by atoms with Gasteiger partial charge in [-0.25, -0.2) is 0 Å². The van der Waals surface area contributed by atoms with E-state index < -0.39 is 0 Å². The largest absolute Gasteiger partial charge is 0.508 e. The number of nitrogens with one attached hydrogen (secondary N) is 1. The van der Waals surface area contributed by atoms with Crippen LogP contribution < -0.4 is 11.1 Å². The maximum atomic E-state index is 13.0. The smallest absolute Gasteiger partial charge is 0.169 e. The fraction of sp³-hybridized carbons (Fsp3) is 0.360. The number of nitrogens with two attached hydrogens (primary N) is 1. The molecule has 0 unspecified atom stereocenters. The van der Waals surface area contributed by atoms with Crippen molar-refractivity contribution >= 4 is 22.4 Å². The lowest BCUT2D eigenvalue weighted by atomic mass is 9.91. The Morgan fingerprint density at radius 2 is 1.67 bits per heavy atom. The first-order valence-corrected chi connectivity index (χ1v) is 10.9. The van der Waals surface area contributed by atoms with Crippen LogP contribution in [0.25, 0.3) is 22.0 Å². The Morgan fingerprint density at radius 3 is 2.37 bits per heavy atom. The summed E-state index contributed by atoms with van der Waals surface area (Å²) in [4.78, 5) is 17.6. The number of phenols is 1. The summed E-state index contributed by atoms with van der Waals surface area (Å²) in [6.07, 6.45) is 7.74. The van der Waals surface area contributed by atoms with E-state index in [1.165, 1.54) is 0 Å². The second-order valence-corrected chi connectivity index (χ2v) is 8.72. The average molecular weight is 402 g/mol. The number of hydrogen-bond acceptors (Lipinski definition) is 5. The molecule has 30 heavy (non-hydrogen) atoms. The van der Waals surface area contributed by atoms with Gasteiger partial charge in [-0.2, -0.15) is 0 Å². The van der Waals surface area contributed by atoms with Gasteiger partial charge in [0.2, 0.25) is 0 Å². The minimum absolute atomic E-state index is 0.143. The molecule has 0 saturated heterocycles. The Morgan fingerprint density at radius 1 is 0.967 bits per heavy atom. The molecule has 5 heteroatoms. The highest BCUT2D eigenvalue weighted by Gasteiger charge is 2.33. The number of rotatable bonds is 5. The summed E-state index contributed by atoms with van der Waals surface area (Å²) in [5, 5.41) is 14.3. The quantitative estimate of drug-likeness (QED) is 0.530.